The first-order valence-electron chi connectivity index (χ1n) is 8.77. The third-order valence-corrected chi connectivity index (χ3v) is 5.40. The van der Waals surface area contributed by atoms with E-state index in [0.717, 1.165) is 11.3 Å². The molecule has 0 spiro atoms. The van der Waals surface area contributed by atoms with Crippen LogP contribution >= 0.6 is 0 Å². The molecule has 0 aliphatic heterocycles. The van der Waals surface area contributed by atoms with E-state index >= 15 is 0 Å². The minimum absolute atomic E-state index is 0.111. The van der Waals surface area contributed by atoms with E-state index in [0.29, 0.717) is 12.1 Å². The highest BCUT2D eigenvalue weighted by Gasteiger charge is 2.17. The van der Waals surface area contributed by atoms with Crippen LogP contribution in [0.2, 0.25) is 0 Å². The normalized spacial score (nSPS) is 12.3. The molecule has 146 valence electrons. The fraction of sp³-hybridized carbons (Fsp3) is 0.350. The van der Waals surface area contributed by atoms with Crippen LogP contribution in [0.15, 0.2) is 54.6 Å². The number of carbonyl (C=O) groups excluding carboxylic acids is 1. The molecule has 0 aliphatic carbocycles. The molecule has 7 heteroatoms. The van der Waals surface area contributed by atoms with E-state index in [2.05, 4.69) is 5.32 Å². The van der Waals surface area contributed by atoms with Gasteiger partial charge >= 0.3 is 0 Å². The molecule has 0 unspecified atom stereocenters. The molecular weight excluding hydrogens is 364 g/mol. The summed E-state index contributed by atoms with van der Waals surface area (Å²) in [6.45, 7) is 2.17. The van der Waals surface area contributed by atoms with E-state index in [-0.39, 0.29) is 24.9 Å². The fourth-order valence-electron chi connectivity index (χ4n) is 2.75. The third-order valence-electron chi connectivity index (χ3n) is 4.20. The number of nitrogens with one attached hydrogen (secondary N) is 1. The van der Waals surface area contributed by atoms with Gasteiger partial charge in [0.2, 0.25) is 15.9 Å². The van der Waals surface area contributed by atoms with Crippen molar-refractivity contribution < 1.29 is 17.9 Å². The van der Waals surface area contributed by atoms with Crippen LogP contribution in [0.3, 0.4) is 0 Å². The van der Waals surface area contributed by atoms with Gasteiger partial charge in [0, 0.05) is 13.0 Å². The average molecular weight is 391 g/mol. The molecule has 0 aliphatic rings. The number of methoxy groups -OCH3 is 1. The molecule has 2 aromatic rings. The second kappa shape index (κ2) is 9.41. The summed E-state index contributed by atoms with van der Waals surface area (Å²) in [7, 11) is -1.79. The van der Waals surface area contributed by atoms with Crippen LogP contribution in [0.5, 0.6) is 5.75 Å². The number of nitrogens with zero attached hydrogens (tertiary/aromatic N) is 1. The number of hydrogen-bond donors (Lipinski definition) is 1. The predicted octanol–water partition coefficient (Wildman–Crippen LogP) is 3.12. The maximum absolute atomic E-state index is 12.2. The standard InChI is InChI=1S/C20H26N2O4S/c1-16(17-11-13-19(26-2)14-12-17)21-20(23)10-7-15-22(27(3,24)25)18-8-5-4-6-9-18/h4-6,8-9,11-14,16H,7,10,15H2,1-3H3,(H,21,23)/t16-/m1/s1. The quantitative estimate of drug-likeness (QED) is 0.714. The first kappa shape index (κ1) is 20.8. The smallest absolute Gasteiger partial charge is 0.232 e. The summed E-state index contributed by atoms with van der Waals surface area (Å²) in [4.78, 5) is 12.2. The molecule has 0 fully saturated rings. The van der Waals surface area contributed by atoms with E-state index in [1.807, 2.05) is 37.3 Å². The van der Waals surface area contributed by atoms with Gasteiger partial charge in [-0.15, -0.1) is 0 Å². The summed E-state index contributed by atoms with van der Waals surface area (Å²) in [5, 5.41) is 2.94. The molecule has 1 N–H and O–H groups in total. The molecule has 2 rings (SSSR count). The van der Waals surface area contributed by atoms with Gasteiger partial charge in [-0.25, -0.2) is 8.42 Å². The summed E-state index contributed by atoms with van der Waals surface area (Å²) >= 11 is 0. The van der Waals surface area contributed by atoms with Crippen molar-refractivity contribution in [2.75, 3.05) is 24.2 Å². The summed E-state index contributed by atoms with van der Waals surface area (Å²) in [6, 6.07) is 16.3. The van der Waals surface area contributed by atoms with Crippen molar-refractivity contribution >= 4 is 21.6 Å². The van der Waals surface area contributed by atoms with Gasteiger partial charge in [-0.05, 0) is 43.2 Å². The van der Waals surface area contributed by atoms with Crippen LogP contribution < -0.4 is 14.4 Å². The number of rotatable bonds is 9. The summed E-state index contributed by atoms with van der Waals surface area (Å²) in [5.74, 6) is 0.652. The fourth-order valence-corrected chi connectivity index (χ4v) is 3.72. The summed E-state index contributed by atoms with van der Waals surface area (Å²) < 4.78 is 30.5. The molecule has 1 atom stereocenters. The molecule has 0 heterocycles. The second-order valence-corrected chi connectivity index (χ2v) is 8.24. The number of benzene rings is 2. The third kappa shape index (κ3) is 6.29. The van der Waals surface area contributed by atoms with Crippen molar-refractivity contribution in [2.24, 2.45) is 0 Å². The molecule has 27 heavy (non-hydrogen) atoms. The topological polar surface area (TPSA) is 75.7 Å². The average Bonchev–Trinajstić information content (AvgIpc) is 2.65. The number of ether oxygens (including phenoxy) is 1. The molecule has 2 aromatic carbocycles. The van der Waals surface area contributed by atoms with Gasteiger partial charge in [0.05, 0.1) is 25.1 Å². The second-order valence-electron chi connectivity index (χ2n) is 6.34. The Hall–Kier alpha value is -2.54. The lowest BCUT2D eigenvalue weighted by Crippen LogP contribution is -2.32. The zero-order valence-corrected chi connectivity index (χ0v) is 16.7. The lowest BCUT2D eigenvalue weighted by molar-refractivity contribution is -0.121. The highest BCUT2D eigenvalue weighted by atomic mass is 32.2. The van der Waals surface area contributed by atoms with Crippen molar-refractivity contribution in [1.29, 1.82) is 0 Å². The van der Waals surface area contributed by atoms with Crippen LogP contribution in [-0.4, -0.2) is 34.2 Å². The Bertz CT molecular complexity index is 836. The maximum Gasteiger partial charge on any atom is 0.232 e. The molecule has 0 saturated carbocycles. The summed E-state index contributed by atoms with van der Waals surface area (Å²) in [5.41, 5.74) is 1.58. The van der Waals surface area contributed by atoms with E-state index in [1.165, 1.54) is 10.6 Å². The minimum atomic E-state index is -3.40. The van der Waals surface area contributed by atoms with Crippen LogP contribution in [0.4, 0.5) is 5.69 Å². The zero-order valence-electron chi connectivity index (χ0n) is 15.9. The Balaban J connectivity index is 1.88. The van der Waals surface area contributed by atoms with Gasteiger partial charge < -0.3 is 10.1 Å². The highest BCUT2D eigenvalue weighted by molar-refractivity contribution is 7.92. The minimum Gasteiger partial charge on any atom is -0.497 e. The van der Waals surface area contributed by atoms with Crippen LogP contribution in [0.25, 0.3) is 0 Å². The van der Waals surface area contributed by atoms with E-state index in [9.17, 15) is 13.2 Å². The van der Waals surface area contributed by atoms with Gasteiger partial charge in [0.15, 0.2) is 0 Å². The Morgan fingerprint density at radius 3 is 2.30 bits per heavy atom. The predicted molar refractivity (Wildman–Crippen MR) is 107 cm³/mol. The van der Waals surface area contributed by atoms with Gasteiger partial charge in [0.1, 0.15) is 5.75 Å². The van der Waals surface area contributed by atoms with Crippen molar-refractivity contribution in [3.05, 3.63) is 60.2 Å². The van der Waals surface area contributed by atoms with Gasteiger partial charge in [-0.1, -0.05) is 30.3 Å². The van der Waals surface area contributed by atoms with E-state index in [4.69, 9.17) is 4.74 Å². The van der Waals surface area contributed by atoms with Crippen molar-refractivity contribution in [3.8, 4) is 5.75 Å². The molecule has 6 nitrogen and oxygen atoms in total. The van der Waals surface area contributed by atoms with Crippen molar-refractivity contribution in [1.82, 2.24) is 5.32 Å². The molecule has 0 bridgehead atoms. The molecule has 1 amide bonds. The monoisotopic (exact) mass is 390 g/mol. The van der Waals surface area contributed by atoms with E-state index < -0.39 is 10.0 Å². The number of anilines is 1. The SMILES string of the molecule is COc1ccc([C@@H](C)NC(=O)CCCN(c2ccccc2)S(C)(=O)=O)cc1. The number of para-hydroxylation sites is 1. The Morgan fingerprint density at radius 2 is 1.74 bits per heavy atom. The first-order chi connectivity index (χ1) is 12.8. The van der Waals surface area contributed by atoms with Crippen LogP contribution in [0, 0.1) is 0 Å². The Kier molecular flexibility index (Phi) is 7.24. The maximum atomic E-state index is 12.2. The van der Waals surface area contributed by atoms with Gasteiger partial charge in [-0.3, -0.25) is 9.10 Å². The lowest BCUT2D eigenvalue weighted by atomic mass is 10.1. The first-order valence-corrected chi connectivity index (χ1v) is 10.6. The number of hydrogen-bond acceptors (Lipinski definition) is 4. The number of sulfonamides is 1. The molecule has 0 aromatic heterocycles. The summed E-state index contributed by atoms with van der Waals surface area (Å²) in [6.07, 6.45) is 1.86. The molecule has 0 radical (unpaired) electrons. The zero-order chi connectivity index (χ0) is 19.9. The van der Waals surface area contributed by atoms with Crippen molar-refractivity contribution in [2.45, 2.75) is 25.8 Å². The van der Waals surface area contributed by atoms with Gasteiger partial charge in [-0.2, -0.15) is 0 Å². The van der Waals surface area contributed by atoms with Crippen molar-refractivity contribution in [3.63, 3.8) is 0 Å². The number of carbonyl (C=O) groups is 1. The Morgan fingerprint density at radius 1 is 1.11 bits per heavy atom. The number of amides is 1. The highest BCUT2D eigenvalue weighted by Crippen LogP contribution is 2.19. The van der Waals surface area contributed by atoms with Gasteiger partial charge in [0.25, 0.3) is 0 Å². The lowest BCUT2D eigenvalue weighted by Gasteiger charge is -2.22. The van der Waals surface area contributed by atoms with Crippen LogP contribution in [-0.2, 0) is 14.8 Å². The Labute approximate surface area is 161 Å². The van der Waals surface area contributed by atoms with Crippen LogP contribution in [0.1, 0.15) is 31.4 Å². The largest absolute Gasteiger partial charge is 0.497 e. The molecular formula is C20H26N2O4S. The molecule has 0 saturated heterocycles. The van der Waals surface area contributed by atoms with E-state index in [1.54, 1.807) is 31.4 Å².